The normalized spacial score (nSPS) is 12.2. The molecule has 0 heterocycles. The summed E-state index contributed by atoms with van der Waals surface area (Å²) in [6, 6.07) is 6.23. The molecule has 0 saturated carbocycles. The Hall–Kier alpha value is -1.88. The third kappa shape index (κ3) is 4.18. The predicted molar refractivity (Wildman–Crippen MR) is 68.4 cm³/mol. The molecule has 0 aromatic heterocycles. The number of benzene rings is 1. The Bertz CT molecular complexity index is 426. The van der Waals surface area contributed by atoms with Crippen LogP contribution in [-0.4, -0.2) is 42.0 Å². The van der Waals surface area contributed by atoms with E-state index in [1.165, 1.54) is 6.92 Å². The van der Waals surface area contributed by atoms with Crippen molar-refractivity contribution < 1.29 is 14.7 Å². The van der Waals surface area contributed by atoms with Gasteiger partial charge < -0.3 is 15.3 Å². The highest BCUT2D eigenvalue weighted by Gasteiger charge is 2.14. The van der Waals surface area contributed by atoms with Gasteiger partial charge in [-0.1, -0.05) is 12.1 Å². The Morgan fingerprint density at radius 3 is 2.28 bits per heavy atom. The average molecular weight is 250 g/mol. The molecule has 0 aliphatic carbocycles. The largest absolute Gasteiger partial charge is 0.480 e. The number of aliphatic carboxylic acids is 1. The van der Waals surface area contributed by atoms with Gasteiger partial charge >= 0.3 is 5.97 Å². The van der Waals surface area contributed by atoms with Crippen molar-refractivity contribution in [1.29, 1.82) is 0 Å². The molecule has 0 bridgehead atoms. The lowest BCUT2D eigenvalue weighted by Gasteiger charge is -2.11. The van der Waals surface area contributed by atoms with E-state index < -0.39 is 12.0 Å². The quantitative estimate of drug-likeness (QED) is 0.816. The minimum absolute atomic E-state index is 0.374. The molecule has 98 valence electrons. The van der Waals surface area contributed by atoms with Crippen molar-refractivity contribution in [1.82, 2.24) is 10.2 Å². The van der Waals surface area contributed by atoms with Crippen molar-refractivity contribution in [2.24, 2.45) is 0 Å². The summed E-state index contributed by atoms with van der Waals surface area (Å²) in [5.41, 5.74) is 1.56. The Balaban J connectivity index is 2.67. The number of amides is 1. The second-order valence-corrected chi connectivity index (χ2v) is 4.47. The highest BCUT2D eigenvalue weighted by molar-refractivity contribution is 5.96. The van der Waals surface area contributed by atoms with Gasteiger partial charge in [0.15, 0.2) is 0 Å². The van der Waals surface area contributed by atoms with Gasteiger partial charge in [-0.3, -0.25) is 9.59 Å². The summed E-state index contributed by atoms with van der Waals surface area (Å²) in [6.45, 7) is 2.23. The third-order valence-corrected chi connectivity index (χ3v) is 2.43. The number of rotatable bonds is 5. The van der Waals surface area contributed by atoms with Gasteiger partial charge in [0.05, 0.1) is 0 Å². The fourth-order valence-electron chi connectivity index (χ4n) is 1.47. The summed E-state index contributed by atoms with van der Waals surface area (Å²) in [5.74, 6) is -1.42. The second-order valence-electron chi connectivity index (χ2n) is 4.47. The molecule has 0 fully saturated rings. The molecule has 1 rings (SSSR count). The van der Waals surface area contributed by atoms with Crippen molar-refractivity contribution in [3.8, 4) is 0 Å². The maximum absolute atomic E-state index is 11.7. The van der Waals surface area contributed by atoms with Gasteiger partial charge in [-0.15, -0.1) is 0 Å². The van der Waals surface area contributed by atoms with Gasteiger partial charge in [-0.2, -0.15) is 0 Å². The van der Waals surface area contributed by atoms with E-state index in [0.717, 1.165) is 12.1 Å². The fraction of sp³-hybridized carbons (Fsp3) is 0.385. The highest BCUT2D eigenvalue weighted by atomic mass is 16.4. The van der Waals surface area contributed by atoms with E-state index in [4.69, 9.17) is 5.11 Å². The van der Waals surface area contributed by atoms with E-state index in [1.54, 1.807) is 12.1 Å². The van der Waals surface area contributed by atoms with E-state index >= 15 is 0 Å². The number of carboxylic acids is 1. The number of nitrogens with one attached hydrogen (secondary N) is 1. The number of hydrogen-bond donors (Lipinski definition) is 2. The first-order valence-electron chi connectivity index (χ1n) is 5.67. The van der Waals surface area contributed by atoms with Crippen molar-refractivity contribution in [3.63, 3.8) is 0 Å². The van der Waals surface area contributed by atoms with Crippen molar-refractivity contribution in [2.75, 3.05) is 14.1 Å². The molecule has 1 aromatic carbocycles. The topological polar surface area (TPSA) is 69.6 Å². The molecule has 1 atom stereocenters. The van der Waals surface area contributed by atoms with Crippen LogP contribution in [0.5, 0.6) is 0 Å². The molecule has 2 N–H and O–H groups in total. The molecule has 0 spiro atoms. The summed E-state index contributed by atoms with van der Waals surface area (Å²) in [7, 11) is 3.93. The molecule has 5 heteroatoms. The standard InChI is InChI=1S/C13H18N2O3/c1-9(13(17)18)14-12(16)11-6-4-10(5-7-11)8-15(2)3/h4-7,9H,8H2,1-3H3,(H,14,16)(H,17,18). The van der Waals surface area contributed by atoms with Crippen LogP contribution in [-0.2, 0) is 11.3 Å². The molecule has 1 aromatic rings. The molecule has 1 unspecified atom stereocenters. The van der Waals surface area contributed by atoms with Gasteiger partial charge in [-0.25, -0.2) is 0 Å². The maximum atomic E-state index is 11.7. The zero-order valence-corrected chi connectivity index (χ0v) is 10.8. The smallest absolute Gasteiger partial charge is 0.325 e. The van der Waals surface area contributed by atoms with Crippen molar-refractivity contribution in [3.05, 3.63) is 35.4 Å². The summed E-state index contributed by atoms with van der Waals surface area (Å²) in [4.78, 5) is 24.4. The van der Waals surface area contributed by atoms with Crippen LogP contribution in [0, 0.1) is 0 Å². The number of carbonyl (C=O) groups excluding carboxylic acids is 1. The molecule has 1 amide bonds. The summed E-state index contributed by atoms with van der Waals surface area (Å²) in [6.07, 6.45) is 0. The lowest BCUT2D eigenvalue weighted by Crippen LogP contribution is -2.38. The molecule has 5 nitrogen and oxygen atoms in total. The molecule has 0 saturated heterocycles. The van der Waals surface area contributed by atoms with Crippen LogP contribution >= 0.6 is 0 Å². The number of carbonyl (C=O) groups is 2. The first kappa shape index (κ1) is 14.2. The first-order chi connectivity index (χ1) is 8.40. The Morgan fingerprint density at radius 1 is 1.28 bits per heavy atom. The second kappa shape index (κ2) is 6.16. The average Bonchev–Trinajstić information content (AvgIpc) is 2.28. The van der Waals surface area contributed by atoms with E-state index in [1.807, 2.05) is 31.1 Å². The van der Waals surface area contributed by atoms with Gasteiger partial charge in [0.1, 0.15) is 6.04 Å². The van der Waals surface area contributed by atoms with Gasteiger partial charge in [0.2, 0.25) is 0 Å². The summed E-state index contributed by atoms with van der Waals surface area (Å²) in [5, 5.41) is 11.1. The summed E-state index contributed by atoms with van der Waals surface area (Å²) < 4.78 is 0. The molecule has 0 aliphatic rings. The molecular formula is C13H18N2O3. The fourth-order valence-corrected chi connectivity index (χ4v) is 1.47. The van der Waals surface area contributed by atoms with Crippen LogP contribution in [0.2, 0.25) is 0 Å². The van der Waals surface area contributed by atoms with Gasteiger partial charge in [-0.05, 0) is 38.7 Å². The lowest BCUT2D eigenvalue weighted by molar-refractivity contribution is -0.138. The zero-order chi connectivity index (χ0) is 13.7. The first-order valence-corrected chi connectivity index (χ1v) is 5.67. The third-order valence-electron chi connectivity index (χ3n) is 2.43. The van der Waals surface area contributed by atoms with Crippen LogP contribution in [0.25, 0.3) is 0 Å². The Morgan fingerprint density at radius 2 is 1.83 bits per heavy atom. The van der Waals surface area contributed by atoms with Crippen LogP contribution in [0.3, 0.4) is 0 Å². The predicted octanol–water partition coefficient (Wildman–Crippen LogP) is 0.951. The van der Waals surface area contributed by atoms with Crippen LogP contribution in [0.1, 0.15) is 22.8 Å². The molecule has 0 aliphatic heterocycles. The van der Waals surface area contributed by atoms with Crippen molar-refractivity contribution in [2.45, 2.75) is 19.5 Å². The van der Waals surface area contributed by atoms with Crippen molar-refractivity contribution >= 4 is 11.9 Å². The number of carboxylic acid groups (broad SMARTS) is 1. The van der Waals surface area contributed by atoms with Gasteiger partial charge in [0.25, 0.3) is 5.91 Å². The Labute approximate surface area is 106 Å². The van der Waals surface area contributed by atoms with Crippen LogP contribution in [0.15, 0.2) is 24.3 Å². The number of nitrogens with zero attached hydrogens (tertiary/aromatic N) is 1. The lowest BCUT2D eigenvalue weighted by atomic mass is 10.1. The van der Waals surface area contributed by atoms with E-state index in [0.29, 0.717) is 5.56 Å². The van der Waals surface area contributed by atoms with Crippen LogP contribution in [0.4, 0.5) is 0 Å². The highest BCUT2D eigenvalue weighted by Crippen LogP contribution is 2.06. The zero-order valence-electron chi connectivity index (χ0n) is 10.8. The summed E-state index contributed by atoms with van der Waals surface area (Å²) >= 11 is 0. The van der Waals surface area contributed by atoms with E-state index in [2.05, 4.69) is 5.32 Å². The molecule has 0 radical (unpaired) electrons. The van der Waals surface area contributed by atoms with Gasteiger partial charge in [0, 0.05) is 12.1 Å². The SMILES string of the molecule is CC(NC(=O)c1ccc(CN(C)C)cc1)C(=O)O. The van der Waals surface area contributed by atoms with E-state index in [9.17, 15) is 9.59 Å². The monoisotopic (exact) mass is 250 g/mol. The van der Waals surface area contributed by atoms with E-state index in [-0.39, 0.29) is 5.91 Å². The Kier molecular flexibility index (Phi) is 4.85. The molecular weight excluding hydrogens is 232 g/mol. The minimum Gasteiger partial charge on any atom is -0.480 e. The minimum atomic E-state index is -1.05. The number of hydrogen-bond acceptors (Lipinski definition) is 3. The molecule has 18 heavy (non-hydrogen) atoms. The van der Waals surface area contributed by atoms with Crippen LogP contribution < -0.4 is 5.32 Å². The maximum Gasteiger partial charge on any atom is 0.325 e.